The number of carboxylic acid groups (broad SMARTS) is 1. The first-order valence-corrected chi connectivity index (χ1v) is 10.7. The molecule has 0 saturated carbocycles. The molecule has 1 fully saturated rings. The van der Waals surface area contributed by atoms with Gasteiger partial charge in [0, 0.05) is 27.7 Å². The van der Waals surface area contributed by atoms with E-state index in [2.05, 4.69) is 5.32 Å². The molecule has 2 amide bonds. The van der Waals surface area contributed by atoms with E-state index in [0.29, 0.717) is 22.6 Å². The van der Waals surface area contributed by atoms with Gasteiger partial charge in [0.2, 0.25) is 0 Å². The molecule has 0 unspecified atom stereocenters. The molecule has 1 aliphatic heterocycles. The lowest BCUT2D eigenvalue weighted by Crippen LogP contribution is -2.54. The van der Waals surface area contributed by atoms with Gasteiger partial charge >= 0.3 is 0 Å². The van der Waals surface area contributed by atoms with Gasteiger partial charge in [0.25, 0.3) is 11.8 Å². The average molecular weight is 497 g/mol. The zero-order valence-electron chi connectivity index (χ0n) is 17.9. The number of hydrogen-bond acceptors (Lipinski definition) is 5. The second-order valence-corrected chi connectivity index (χ2v) is 8.32. The molecule has 2 aromatic carbocycles. The first-order valence-electron chi connectivity index (χ1n) is 9.96. The molecule has 1 N–H and O–H groups in total. The van der Waals surface area contributed by atoms with Crippen molar-refractivity contribution in [2.24, 2.45) is 0 Å². The van der Waals surface area contributed by atoms with Crippen molar-refractivity contribution in [3.63, 3.8) is 0 Å². The minimum absolute atomic E-state index is 0.0437. The SMILES string of the molecule is Cc1cc(/C=C2/C(=O)NC(=S)N(c3ccccc3F)C2=O)c(C)n1-c1ccc(Cl)c(C(=O)[O-])c1. The van der Waals surface area contributed by atoms with Gasteiger partial charge in [0.05, 0.1) is 11.7 Å². The van der Waals surface area contributed by atoms with Crippen molar-refractivity contribution in [1.29, 1.82) is 0 Å². The molecule has 10 heteroatoms. The Morgan fingerprint density at radius 1 is 1.15 bits per heavy atom. The molecule has 0 bridgehead atoms. The maximum absolute atomic E-state index is 14.4. The second kappa shape index (κ2) is 8.85. The smallest absolute Gasteiger partial charge is 0.270 e. The number of para-hydroxylation sites is 1. The molecule has 1 aliphatic rings. The predicted octanol–water partition coefficient (Wildman–Crippen LogP) is 3.08. The van der Waals surface area contributed by atoms with Crippen LogP contribution in [0.15, 0.2) is 54.1 Å². The van der Waals surface area contributed by atoms with Gasteiger partial charge in [0.1, 0.15) is 11.4 Å². The Balaban J connectivity index is 1.79. The average Bonchev–Trinajstić information content (AvgIpc) is 3.05. The van der Waals surface area contributed by atoms with Crippen molar-refractivity contribution >= 4 is 58.5 Å². The summed E-state index contributed by atoms with van der Waals surface area (Å²) in [5, 5.41) is 13.6. The van der Waals surface area contributed by atoms with Crippen LogP contribution in [0.5, 0.6) is 0 Å². The lowest BCUT2D eigenvalue weighted by atomic mass is 10.1. The quantitative estimate of drug-likeness (QED) is 0.340. The number of carbonyl (C=O) groups is 3. The minimum atomic E-state index is -1.41. The van der Waals surface area contributed by atoms with Gasteiger partial charge in [-0.15, -0.1) is 0 Å². The molecule has 4 rings (SSSR count). The molecule has 1 saturated heterocycles. The second-order valence-electron chi connectivity index (χ2n) is 7.52. The van der Waals surface area contributed by atoms with E-state index in [-0.39, 0.29) is 27.0 Å². The third kappa shape index (κ3) is 4.00. The Morgan fingerprint density at radius 3 is 2.53 bits per heavy atom. The van der Waals surface area contributed by atoms with Gasteiger partial charge in [-0.05, 0) is 74.1 Å². The van der Waals surface area contributed by atoms with Crippen molar-refractivity contribution in [2.45, 2.75) is 13.8 Å². The van der Waals surface area contributed by atoms with Crippen LogP contribution in [0.25, 0.3) is 11.8 Å². The van der Waals surface area contributed by atoms with E-state index in [0.717, 1.165) is 4.90 Å². The minimum Gasteiger partial charge on any atom is -0.545 e. The fourth-order valence-electron chi connectivity index (χ4n) is 3.80. The molecule has 7 nitrogen and oxygen atoms in total. The van der Waals surface area contributed by atoms with E-state index in [1.807, 2.05) is 0 Å². The summed E-state index contributed by atoms with van der Waals surface area (Å²) in [6.07, 6.45) is 1.39. The molecule has 0 radical (unpaired) electrons. The number of aromatic nitrogens is 1. The summed E-state index contributed by atoms with van der Waals surface area (Å²) < 4.78 is 16.1. The van der Waals surface area contributed by atoms with Gasteiger partial charge in [0.15, 0.2) is 5.11 Å². The number of benzene rings is 2. The number of carbonyl (C=O) groups excluding carboxylic acids is 3. The van der Waals surface area contributed by atoms with Gasteiger partial charge in [-0.2, -0.15) is 0 Å². The third-order valence-corrected chi connectivity index (χ3v) is 6.01. The molecule has 2 heterocycles. The normalized spacial score (nSPS) is 15.1. The lowest BCUT2D eigenvalue weighted by Gasteiger charge is -2.29. The molecular formula is C24H16ClFN3O4S-. The van der Waals surface area contributed by atoms with Crippen LogP contribution in [0.3, 0.4) is 0 Å². The van der Waals surface area contributed by atoms with Gasteiger partial charge in [-0.3, -0.25) is 14.9 Å². The van der Waals surface area contributed by atoms with Crippen LogP contribution < -0.4 is 15.3 Å². The maximum atomic E-state index is 14.4. The number of aryl methyl sites for hydroxylation is 1. The number of nitrogens with one attached hydrogen (secondary N) is 1. The van der Waals surface area contributed by atoms with Crippen LogP contribution >= 0.6 is 23.8 Å². The van der Waals surface area contributed by atoms with E-state index in [1.165, 1.54) is 36.4 Å². The highest BCUT2D eigenvalue weighted by atomic mass is 35.5. The molecule has 172 valence electrons. The number of carboxylic acids is 1. The summed E-state index contributed by atoms with van der Waals surface area (Å²) in [5.41, 5.74) is 1.90. The van der Waals surface area contributed by atoms with E-state index >= 15 is 0 Å². The summed E-state index contributed by atoms with van der Waals surface area (Å²) in [7, 11) is 0. The first-order chi connectivity index (χ1) is 16.1. The third-order valence-electron chi connectivity index (χ3n) is 5.39. The first kappa shape index (κ1) is 23.3. The highest BCUT2D eigenvalue weighted by Gasteiger charge is 2.35. The van der Waals surface area contributed by atoms with Crippen LogP contribution in [-0.2, 0) is 9.59 Å². The van der Waals surface area contributed by atoms with Crippen LogP contribution in [0.1, 0.15) is 27.3 Å². The number of nitrogens with zero attached hydrogens (tertiary/aromatic N) is 2. The zero-order chi connectivity index (χ0) is 24.7. The van der Waals surface area contributed by atoms with Crippen LogP contribution in [0.2, 0.25) is 5.02 Å². The number of amides is 2. The van der Waals surface area contributed by atoms with Gasteiger partial charge in [-0.25, -0.2) is 9.29 Å². The number of rotatable bonds is 4. The zero-order valence-corrected chi connectivity index (χ0v) is 19.5. The van der Waals surface area contributed by atoms with Crippen molar-refractivity contribution in [2.75, 3.05) is 4.90 Å². The van der Waals surface area contributed by atoms with Crippen molar-refractivity contribution in [1.82, 2.24) is 9.88 Å². The number of halogens is 2. The largest absolute Gasteiger partial charge is 0.545 e. The van der Waals surface area contributed by atoms with Crippen LogP contribution in [-0.4, -0.2) is 27.5 Å². The van der Waals surface area contributed by atoms with E-state index in [4.69, 9.17) is 23.8 Å². The Bertz CT molecular complexity index is 1430. The number of thiocarbonyl (C=S) groups is 1. The molecular weight excluding hydrogens is 481 g/mol. The Morgan fingerprint density at radius 2 is 1.85 bits per heavy atom. The Kier molecular flexibility index (Phi) is 6.07. The van der Waals surface area contributed by atoms with E-state index < -0.39 is 23.6 Å². The number of aromatic carboxylic acids is 1. The van der Waals surface area contributed by atoms with Gasteiger partial charge < -0.3 is 14.5 Å². The van der Waals surface area contributed by atoms with E-state index in [1.54, 1.807) is 36.6 Å². The monoisotopic (exact) mass is 496 g/mol. The summed E-state index contributed by atoms with van der Waals surface area (Å²) in [4.78, 5) is 38.1. The van der Waals surface area contributed by atoms with Crippen molar-refractivity contribution in [3.05, 3.63) is 87.5 Å². The van der Waals surface area contributed by atoms with Gasteiger partial charge in [-0.1, -0.05) is 23.7 Å². The Hall–Kier alpha value is -3.82. The number of hydrogen-bond donors (Lipinski definition) is 1. The fourth-order valence-corrected chi connectivity index (χ4v) is 4.27. The fraction of sp³-hybridized carbons (Fsp3) is 0.0833. The summed E-state index contributed by atoms with van der Waals surface area (Å²) in [6.45, 7) is 3.53. The topological polar surface area (TPSA) is 94.5 Å². The summed E-state index contributed by atoms with van der Waals surface area (Å²) in [5.74, 6) is -3.56. The van der Waals surface area contributed by atoms with Crippen molar-refractivity contribution < 1.29 is 23.9 Å². The summed E-state index contributed by atoms with van der Waals surface area (Å²) >= 11 is 11.1. The van der Waals surface area contributed by atoms with Crippen molar-refractivity contribution in [3.8, 4) is 5.69 Å². The predicted molar refractivity (Wildman–Crippen MR) is 127 cm³/mol. The summed E-state index contributed by atoms with van der Waals surface area (Å²) in [6, 6.07) is 11.8. The molecule has 0 aliphatic carbocycles. The number of anilines is 1. The standard InChI is InChI=1S/C24H17ClFN3O4S/c1-12-9-14(13(2)28(12)15-7-8-18(25)16(11-15)23(32)33)10-17-21(30)27-24(34)29(22(17)31)20-6-4-3-5-19(20)26/h3-11H,1-2H3,(H,32,33)(H,27,30,34)/p-1/b17-10-. The molecule has 0 atom stereocenters. The lowest BCUT2D eigenvalue weighted by molar-refractivity contribution is -0.255. The molecule has 1 aromatic heterocycles. The molecule has 3 aromatic rings. The van der Waals surface area contributed by atoms with E-state index in [9.17, 15) is 23.9 Å². The Labute approximate surface area is 204 Å². The van der Waals surface area contributed by atoms with Crippen LogP contribution in [0.4, 0.5) is 10.1 Å². The highest BCUT2D eigenvalue weighted by Crippen LogP contribution is 2.28. The maximum Gasteiger partial charge on any atom is 0.270 e. The molecule has 0 spiro atoms. The van der Waals surface area contributed by atoms with Crippen LogP contribution in [0, 0.1) is 19.7 Å². The highest BCUT2D eigenvalue weighted by molar-refractivity contribution is 7.80. The molecule has 34 heavy (non-hydrogen) atoms.